The van der Waals surface area contributed by atoms with E-state index in [1.807, 2.05) is 4.90 Å². The summed E-state index contributed by atoms with van der Waals surface area (Å²) in [6.07, 6.45) is -3.11. The SMILES string of the molecule is CN1CC(Cl)CNC1C(C(=O)Nc1cnccc1N1CCN(CC(F)(F)F)CC1)C(N)N=O. The van der Waals surface area contributed by atoms with Crippen LogP contribution in [0.25, 0.3) is 0 Å². The molecule has 2 saturated heterocycles. The predicted molar refractivity (Wildman–Crippen MR) is 119 cm³/mol. The number of nitrogens with two attached hydrogens (primary N) is 1. The zero-order chi connectivity index (χ0) is 24.2. The van der Waals surface area contributed by atoms with E-state index in [-0.39, 0.29) is 18.5 Å². The average molecular weight is 493 g/mol. The Bertz CT molecular complexity index is 824. The molecule has 14 heteroatoms. The van der Waals surface area contributed by atoms with Crippen molar-refractivity contribution in [1.82, 2.24) is 20.1 Å². The van der Waals surface area contributed by atoms with Gasteiger partial charge in [0, 0.05) is 45.5 Å². The Morgan fingerprint density at radius 1 is 1.39 bits per heavy atom. The number of anilines is 2. The topological polar surface area (TPSA) is 119 Å². The van der Waals surface area contributed by atoms with E-state index in [0.29, 0.717) is 37.6 Å². The highest BCUT2D eigenvalue weighted by Gasteiger charge is 2.40. The van der Waals surface area contributed by atoms with Gasteiger partial charge in [0.2, 0.25) is 5.91 Å². The van der Waals surface area contributed by atoms with Gasteiger partial charge in [0.1, 0.15) is 5.92 Å². The number of amides is 1. The van der Waals surface area contributed by atoms with E-state index < -0.39 is 36.9 Å². The number of pyridine rings is 1. The third-order valence-corrected chi connectivity index (χ3v) is 6.11. The lowest BCUT2D eigenvalue weighted by molar-refractivity contribution is -0.146. The highest BCUT2D eigenvalue weighted by molar-refractivity contribution is 6.21. The Morgan fingerprint density at radius 2 is 2.09 bits per heavy atom. The van der Waals surface area contributed by atoms with Gasteiger partial charge in [-0.15, -0.1) is 16.5 Å². The standard InChI is InChI=1S/C19H28ClF3N8O2/c1-29-10-12(20)8-26-17(29)15(16(24)28-33)18(32)27-13-9-25-3-2-14(13)31-6-4-30(5-7-31)11-19(21,22)23/h2-3,9,12,15-17,26H,4-8,10-11,24H2,1H3,(H,27,32). The Hall–Kier alpha value is -2.06. The summed E-state index contributed by atoms with van der Waals surface area (Å²) in [5, 5.41) is 8.64. The second-order valence-corrected chi connectivity index (χ2v) is 8.89. The Balaban J connectivity index is 1.72. The molecule has 4 N–H and O–H groups in total. The maximum atomic E-state index is 13.2. The minimum absolute atomic E-state index is 0.156. The molecule has 1 aromatic rings. The van der Waals surface area contributed by atoms with E-state index >= 15 is 0 Å². The number of carbonyl (C=O) groups excluding carboxylic acids is 1. The van der Waals surface area contributed by atoms with Gasteiger partial charge in [0.05, 0.1) is 35.7 Å². The number of rotatable bonds is 7. The normalized spacial score (nSPS) is 24.8. The van der Waals surface area contributed by atoms with Crippen LogP contribution in [-0.4, -0.2) is 97.4 Å². The minimum Gasteiger partial charge on any atom is -0.367 e. The van der Waals surface area contributed by atoms with Crippen molar-refractivity contribution >= 4 is 28.9 Å². The number of nitrogens with zero attached hydrogens (tertiary/aromatic N) is 5. The van der Waals surface area contributed by atoms with Crippen LogP contribution in [0.5, 0.6) is 0 Å². The van der Waals surface area contributed by atoms with Gasteiger partial charge in [-0.2, -0.15) is 13.2 Å². The van der Waals surface area contributed by atoms with E-state index in [2.05, 4.69) is 20.8 Å². The van der Waals surface area contributed by atoms with Crippen LogP contribution in [0.15, 0.2) is 23.6 Å². The molecule has 4 atom stereocenters. The van der Waals surface area contributed by atoms with Crippen molar-refractivity contribution in [2.24, 2.45) is 16.8 Å². The Labute approximate surface area is 194 Å². The monoisotopic (exact) mass is 492 g/mol. The van der Waals surface area contributed by atoms with Gasteiger partial charge < -0.3 is 16.0 Å². The number of piperazine rings is 1. The molecule has 2 aliphatic heterocycles. The zero-order valence-corrected chi connectivity index (χ0v) is 18.9. The molecule has 0 saturated carbocycles. The molecule has 3 heterocycles. The maximum absolute atomic E-state index is 13.2. The number of hydrogen-bond acceptors (Lipinski definition) is 9. The molecule has 184 valence electrons. The molecule has 0 spiro atoms. The molecular weight excluding hydrogens is 465 g/mol. The lowest BCUT2D eigenvalue weighted by Gasteiger charge is -2.40. The van der Waals surface area contributed by atoms with Crippen molar-refractivity contribution in [2.45, 2.75) is 23.9 Å². The quantitative estimate of drug-likeness (QED) is 0.378. The first-order valence-electron chi connectivity index (χ1n) is 10.5. The molecule has 10 nitrogen and oxygen atoms in total. The van der Waals surface area contributed by atoms with E-state index in [1.165, 1.54) is 11.1 Å². The van der Waals surface area contributed by atoms with E-state index in [9.17, 15) is 22.9 Å². The third-order valence-electron chi connectivity index (χ3n) is 5.81. The van der Waals surface area contributed by atoms with Crippen LogP contribution in [0.3, 0.4) is 0 Å². The summed E-state index contributed by atoms with van der Waals surface area (Å²) < 4.78 is 38.0. The first-order valence-corrected chi connectivity index (χ1v) is 11.0. The van der Waals surface area contributed by atoms with Crippen LogP contribution < -0.4 is 21.3 Å². The minimum atomic E-state index is -4.25. The van der Waals surface area contributed by atoms with Gasteiger partial charge in [0.15, 0.2) is 6.17 Å². The highest BCUT2D eigenvalue weighted by atomic mass is 35.5. The Kier molecular flexibility index (Phi) is 8.45. The molecule has 1 aromatic heterocycles. The van der Waals surface area contributed by atoms with Crippen molar-refractivity contribution in [3.05, 3.63) is 23.4 Å². The molecule has 1 amide bonds. The smallest absolute Gasteiger partial charge is 0.367 e. The van der Waals surface area contributed by atoms with Crippen molar-refractivity contribution in [2.75, 3.05) is 63.1 Å². The van der Waals surface area contributed by atoms with Crippen LogP contribution in [0, 0.1) is 10.8 Å². The lowest BCUT2D eigenvalue weighted by Crippen LogP contribution is -2.62. The predicted octanol–water partition coefficient (Wildman–Crippen LogP) is 0.840. The molecule has 0 radical (unpaired) electrons. The molecule has 0 bridgehead atoms. The van der Waals surface area contributed by atoms with Crippen molar-refractivity contribution in [3.63, 3.8) is 0 Å². The number of halogens is 4. The van der Waals surface area contributed by atoms with Crippen LogP contribution in [0.1, 0.15) is 0 Å². The largest absolute Gasteiger partial charge is 0.401 e. The molecule has 2 fully saturated rings. The summed E-state index contributed by atoms with van der Waals surface area (Å²) in [7, 11) is 1.76. The fourth-order valence-electron chi connectivity index (χ4n) is 4.22. The summed E-state index contributed by atoms with van der Waals surface area (Å²) >= 11 is 6.16. The van der Waals surface area contributed by atoms with Gasteiger partial charge in [-0.3, -0.25) is 24.9 Å². The molecular formula is C19H28ClF3N8O2. The molecule has 0 aliphatic carbocycles. The van der Waals surface area contributed by atoms with Gasteiger partial charge in [0.25, 0.3) is 0 Å². The second-order valence-electron chi connectivity index (χ2n) is 8.27. The van der Waals surface area contributed by atoms with Crippen LogP contribution in [-0.2, 0) is 4.79 Å². The number of hydrogen-bond donors (Lipinski definition) is 3. The van der Waals surface area contributed by atoms with E-state index in [0.717, 1.165) is 0 Å². The van der Waals surface area contributed by atoms with Gasteiger partial charge >= 0.3 is 6.18 Å². The number of nitrogens with one attached hydrogen (secondary N) is 2. The van der Waals surface area contributed by atoms with Gasteiger partial charge in [-0.05, 0) is 13.1 Å². The summed E-state index contributed by atoms with van der Waals surface area (Å²) in [5.41, 5.74) is 6.89. The number of aromatic nitrogens is 1. The number of nitroso groups, excluding NO2 is 1. The first kappa shape index (κ1) is 25.6. The van der Waals surface area contributed by atoms with E-state index in [1.54, 1.807) is 24.2 Å². The zero-order valence-electron chi connectivity index (χ0n) is 18.1. The summed E-state index contributed by atoms with van der Waals surface area (Å²) in [6, 6.07) is 1.69. The fourth-order valence-corrected chi connectivity index (χ4v) is 4.53. The van der Waals surface area contributed by atoms with Crippen molar-refractivity contribution < 1.29 is 18.0 Å². The first-order chi connectivity index (χ1) is 15.6. The molecule has 4 unspecified atom stereocenters. The molecule has 33 heavy (non-hydrogen) atoms. The third kappa shape index (κ3) is 6.73. The highest BCUT2D eigenvalue weighted by Crippen LogP contribution is 2.28. The second kappa shape index (κ2) is 10.9. The molecule has 0 aromatic carbocycles. The lowest BCUT2D eigenvalue weighted by atomic mass is 9.98. The fraction of sp³-hybridized carbons (Fsp3) is 0.684. The maximum Gasteiger partial charge on any atom is 0.401 e. The molecule has 2 aliphatic rings. The van der Waals surface area contributed by atoms with Crippen molar-refractivity contribution in [3.8, 4) is 0 Å². The van der Waals surface area contributed by atoms with Gasteiger partial charge in [-0.1, -0.05) is 5.18 Å². The summed E-state index contributed by atoms with van der Waals surface area (Å²) in [4.78, 5) is 33.5. The van der Waals surface area contributed by atoms with Crippen LogP contribution >= 0.6 is 11.6 Å². The summed E-state index contributed by atoms with van der Waals surface area (Å²) in [5.74, 6) is -1.53. The van der Waals surface area contributed by atoms with Crippen LogP contribution in [0.2, 0.25) is 0 Å². The molecule has 3 rings (SSSR count). The van der Waals surface area contributed by atoms with E-state index in [4.69, 9.17) is 17.3 Å². The number of alkyl halides is 4. The summed E-state index contributed by atoms with van der Waals surface area (Å²) in [6.45, 7) is 1.14. The van der Waals surface area contributed by atoms with Crippen molar-refractivity contribution in [1.29, 1.82) is 0 Å². The average Bonchev–Trinajstić information content (AvgIpc) is 2.75. The van der Waals surface area contributed by atoms with Gasteiger partial charge in [-0.25, -0.2) is 0 Å². The Morgan fingerprint density at radius 3 is 2.70 bits per heavy atom. The number of carbonyl (C=O) groups is 1. The van der Waals surface area contributed by atoms with Crippen LogP contribution in [0.4, 0.5) is 24.5 Å².